The molecule has 4 nitrogen and oxygen atoms in total. The predicted octanol–water partition coefficient (Wildman–Crippen LogP) is 4.37. The van der Waals surface area contributed by atoms with Crippen molar-refractivity contribution in [3.8, 4) is 0 Å². The summed E-state index contributed by atoms with van der Waals surface area (Å²) in [6.45, 7) is 1.23. The molecule has 0 saturated heterocycles. The molecule has 2 saturated carbocycles. The van der Waals surface area contributed by atoms with Crippen molar-refractivity contribution in [3.63, 3.8) is 0 Å². The highest BCUT2D eigenvalue weighted by Crippen LogP contribution is 2.44. The SMILES string of the molecule is O=C(NCCn1nc(C2CC2)cc1C1CC1)c1cc(Cl)cc(Cl)c1. The summed E-state index contributed by atoms with van der Waals surface area (Å²) in [7, 11) is 0. The third-order valence-corrected chi connectivity index (χ3v) is 4.99. The predicted molar refractivity (Wildman–Crippen MR) is 95.0 cm³/mol. The van der Waals surface area contributed by atoms with E-state index in [2.05, 4.69) is 16.1 Å². The van der Waals surface area contributed by atoms with Crippen LogP contribution in [0.2, 0.25) is 10.0 Å². The number of carbonyl (C=O) groups is 1. The summed E-state index contributed by atoms with van der Waals surface area (Å²) >= 11 is 11.9. The Morgan fingerprint density at radius 2 is 1.75 bits per heavy atom. The van der Waals surface area contributed by atoms with Crippen molar-refractivity contribution in [3.05, 3.63) is 51.3 Å². The van der Waals surface area contributed by atoms with E-state index in [1.54, 1.807) is 18.2 Å². The molecule has 2 fully saturated rings. The van der Waals surface area contributed by atoms with E-state index in [4.69, 9.17) is 28.3 Å². The van der Waals surface area contributed by atoms with E-state index >= 15 is 0 Å². The quantitative estimate of drug-likeness (QED) is 0.827. The Hall–Kier alpha value is -1.52. The van der Waals surface area contributed by atoms with Crippen molar-refractivity contribution in [2.45, 2.75) is 44.1 Å². The molecule has 0 atom stereocenters. The Kier molecular flexibility index (Phi) is 4.27. The van der Waals surface area contributed by atoms with Gasteiger partial charge in [-0.15, -0.1) is 0 Å². The van der Waals surface area contributed by atoms with E-state index in [9.17, 15) is 4.79 Å². The van der Waals surface area contributed by atoms with Crippen molar-refractivity contribution in [2.24, 2.45) is 0 Å². The minimum Gasteiger partial charge on any atom is -0.350 e. The topological polar surface area (TPSA) is 46.9 Å². The number of benzene rings is 1. The minimum absolute atomic E-state index is 0.165. The molecule has 2 aliphatic carbocycles. The molecular weight excluding hydrogens is 345 g/mol. The summed E-state index contributed by atoms with van der Waals surface area (Å²) in [6.07, 6.45) is 5.02. The maximum Gasteiger partial charge on any atom is 0.251 e. The fourth-order valence-corrected chi connectivity index (χ4v) is 3.51. The van der Waals surface area contributed by atoms with Gasteiger partial charge in [0.05, 0.1) is 12.2 Å². The van der Waals surface area contributed by atoms with E-state index < -0.39 is 0 Å². The van der Waals surface area contributed by atoms with E-state index in [1.165, 1.54) is 37.1 Å². The van der Waals surface area contributed by atoms with Crippen molar-refractivity contribution < 1.29 is 4.79 Å². The maximum absolute atomic E-state index is 12.2. The summed E-state index contributed by atoms with van der Waals surface area (Å²) in [5.41, 5.74) is 3.04. The van der Waals surface area contributed by atoms with Gasteiger partial charge in [-0.2, -0.15) is 5.10 Å². The molecule has 24 heavy (non-hydrogen) atoms. The molecule has 0 radical (unpaired) electrons. The molecule has 126 valence electrons. The summed E-state index contributed by atoms with van der Waals surface area (Å²) < 4.78 is 2.08. The summed E-state index contributed by atoms with van der Waals surface area (Å²) in [6, 6.07) is 7.13. The smallest absolute Gasteiger partial charge is 0.251 e. The normalized spacial score (nSPS) is 17.1. The number of hydrogen-bond acceptors (Lipinski definition) is 2. The first-order chi connectivity index (χ1) is 11.6. The Bertz CT molecular complexity index is 758. The zero-order chi connectivity index (χ0) is 16.7. The molecule has 0 unspecified atom stereocenters. The number of rotatable bonds is 6. The lowest BCUT2D eigenvalue weighted by Crippen LogP contribution is -2.28. The van der Waals surface area contributed by atoms with Crippen molar-refractivity contribution >= 4 is 29.1 Å². The number of carbonyl (C=O) groups excluding carboxylic acids is 1. The number of aromatic nitrogens is 2. The fourth-order valence-electron chi connectivity index (χ4n) is 2.98. The van der Waals surface area contributed by atoms with Gasteiger partial charge in [0.1, 0.15) is 0 Å². The molecule has 2 aliphatic rings. The molecule has 0 spiro atoms. The van der Waals surface area contributed by atoms with Gasteiger partial charge in [-0.05, 0) is 49.9 Å². The van der Waals surface area contributed by atoms with E-state index in [-0.39, 0.29) is 5.91 Å². The van der Waals surface area contributed by atoms with E-state index in [1.807, 2.05) is 0 Å². The molecule has 1 amide bonds. The zero-order valence-corrected chi connectivity index (χ0v) is 14.8. The lowest BCUT2D eigenvalue weighted by Gasteiger charge is -2.09. The van der Waals surface area contributed by atoms with Gasteiger partial charge in [0.25, 0.3) is 5.91 Å². The lowest BCUT2D eigenvalue weighted by molar-refractivity contribution is 0.0952. The molecule has 6 heteroatoms. The zero-order valence-electron chi connectivity index (χ0n) is 13.3. The molecule has 4 rings (SSSR count). The van der Waals surface area contributed by atoms with Gasteiger partial charge in [-0.3, -0.25) is 9.48 Å². The summed E-state index contributed by atoms with van der Waals surface area (Å²) in [5, 5.41) is 8.61. The second kappa shape index (κ2) is 6.41. The third kappa shape index (κ3) is 3.60. The fraction of sp³-hybridized carbons (Fsp3) is 0.444. The van der Waals surface area contributed by atoms with Crippen LogP contribution in [0.5, 0.6) is 0 Å². The minimum atomic E-state index is -0.165. The lowest BCUT2D eigenvalue weighted by atomic mass is 10.2. The van der Waals surface area contributed by atoms with Crippen molar-refractivity contribution in [2.75, 3.05) is 6.54 Å². The van der Waals surface area contributed by atoms with E-state index in [0.717, 1.165) is 0 Å². The first-order valence-corrected chi connectivity index (χ1v) is 9.17. The van der Waals surface area contributed by atoms with Crippen LogP contribution in [0, 0.1) is 0 Å². The second-order valence-electron chi connectivity index (χ2n) is 6.68. The molecule has 0 aliphatic heterocycles. The van der Waals surface area contributed by atoms with Gasteiger partial charge in [0, 0.05) is 39.7 Å². The Balaban J connectivity index is 1.39. The molecule has 2 aromatic rings. The van der Waals surface area contributed by atoms with Gasteiger partial charge in [-0.1, -0.05) is 23.2 Å². The van der Waals surface area contributed by atoms with Crippen LogP contribution in [0.1, 0.15) is 59.3 Å². The standard InChI is InChI=1S/C18H19Cl2N3O/c19-14-7-13(8-15(20)9-14)18(24)21-5-6-23-17(12-3-4-12)10-16(22-23)11-1-2-11/h7-12H,1-6H2,(H,21,24). The molecule has 0 bridgehead atoms. The number of halogens is 2. The Labute approximate surface area is 151 Å². The van der Waals surface area contributed by atoms with Gasteiger partial charge < -0.3 is 5.32 Å². The third-order valence-electron chi connectivity index (χ3n) is 4.56. The van der Waals surface area contributed by atoms with Gasteiger partial charge >= 0.3 is 0 Å². The van der Waals surface area contributed by atoms with Crippen LogP contribution in [-0.4, -0.2) is 22.2 Å². The molecule has 1 heterocycles. The molecular formula is C18H19Cl2N3O. The second-order valence-corrected chi connectivity index (χ2v) is 7.55. The van der Waals surface area contributed by atoms with Gasteiger partial charge in [0.2, 0.25) is 0 Å². The molecule has 1 aromatic heterocycles. The first kappa shape index (κ1) is 16.0. The van der Waals surface area contributed by atoms with Crippen LogP contribution >= 0.6 is 23.2 Å². The Morgan fingerprint density at radius 3 is 2.38 bits per heavy atom. The highest BCUT2D eigenvalue weighted by molar-refractivity contribution is 6.35. The Morgan fingerprint density at radius 1 is 1.08 bits per heavy atom. The largest absolute Gasteiger partial charge is 0.350 e. The van der Waals surface area contributed by atoms with Crippen LogP contribution in [0.25, 0.3) is 0 Å². The highest BCUT2D eigenvalue weighted by Gasteiger charge is 2.32. The van der Waals surface area contributed by atoms with Gasteiger partial charge in [-0.25, -0.2) is 0 Å². The van der Waals surface area contributed by atoms with Crippen LogP contribution < -0.4 is 5.32 Å². The molecule has 1 N–H and O–H groups in total. The van der Waals surface area contributed by atoms with E-state index in [0.29, 0.717) is 40.5 Å². The summed E-state index contributed by atoms with van der Waals surface area (Å²) in [4.78, 5) is 12.2. The van der Waals surface area contributed by atoms with Crippen LogP contribution in [0.4, 0.5) is 0 Å². The van der Waals surface area contributed by atoms with Crippen LogP contribution in [0.3, 0.4) is 0 Å². The average molecular weight is 364 g/mol. The number of nitrogens with one attached hydrogen (secondary N) is 1. The number of amides is 1. The van der Waals surface area contributed by atoms with Crippen molar-refractivity contribution in [1.29, 1.82) is 0 Å². The summed E-state index contributed by atoms with van der Waals surface area (Å²) in [5.74, 6) is 1.15. The average Bonchev–Trinajstić information content (AvgIpc) is 3.45. The monoisotopic (exact) mass is 363 g/mol. The van der Waals surface area contributed by atoms with Crippen molar-refractivity contribution in [1.82, 2.24) is 15.1 Å². The van der Waals surface area contributed by atoms with Crippen LogP contribution in [0.15, 0.2) is 24.3 Å². The van der Waals surface area contributed by atoms with Crippen LogP contribution in [-0.2, 0) is 6.54 Å². The number of hydrogen-bond donors (Lipinski definition) is 1. The number of nitrogens with zero attached hydrogens (tertiary/aromatic N) is 2. The maximum atomic E-state index is 12.2. The molecule has 1 aromatic carbocycles. The highest BCUT2D eigenvalue weighted by atomic mass is 35.5. The first-order valence-electron chi connectivity index (χ1n) is 8.42. The van der Waals surface area contributed by atoms with Gasteiger partial charge in [0.15, 0.2) is 0 Å².